The molecular weight excluding hydrogens is 266 g/mol. The summed E-state index contributed by atoms with van der Waals surface area (Å²) in [7, 11) is 1.68. The molecule has 2 rings (SSSR count). The lowest BCUT2D eigenvalue weighted by Gasteiger charge is -2.21. The zero-order chi connectivity index (χ0) is 14.9. The van der Waals surface area contributed by atoms with E-state index in [0.717, 1.165) is 18.5 Å². The van der Waals surface area contributed by atoms with Crippen LogP contribution in [0.3, 0.4) is 0 Å². The first-order chi connectivity index (χ1) is 10.3. The number of rotatable bonds is 9. The fraction of sp³-hybridized carbons (Fsp3) is 0.812. The molecule has 1 unspecified atom stereocenters. The molecule has 0 amide bonds. The fourth-order valence-corrected chi connectivity index (χ4v) is 2.88. The Kier molecular flexibility index (Phi) is 7.19. The normalized spacial score (nSPS) is 18.0. The van der Waals surface area contributed by atoms with Gasteiger partial charge in [-0.1, -0.05) is 19.3 Å². The molecule has 1 atom stereocenters. The van der Waals surface area contributed by atoms with Crippen LogP contribution in [0.15, 0.2) is 12.3 Å². The average Bonchev–Trinajstić information content (AvgIpc) is 2.96. The van der Waals surface area contributed by atoms with Crippen LogP contribution in [0.5, 0.6) is 0 Å². The van der Waals surface area contributed by atoms with E-state index in [-0.39, 0.29) is 6.04 Å². The van der Waals surface area contributed by atoms with Crippen molar-refractivity contribution in [2.75, 3.05) is 26.9 Å². The summed E-state index contributed by atoms with van der Waals surface area (Å²) in [5.41, 5.74) is 7.25. The second-order valence-corrected chi connectivity index (χ2v) is 5.94. The Morgan fingerprint density at radius 1 is 1.29 bits per heavy atom. The molecule has 5 heteroatoms. The monoisotopic (exact) mass is 295 g/mol. The SMILES string of the molecule is COCCOCCC(N)Cc1ccn(C2CCCCC2)n1. The summed E-state index contributed by atoms with van der Waals surface area (Å²) in [4.78, 5) is 0. The minimum Gasteiger partial charge on any atom is -0.382 e. The van der Waals surface area contributed by atoms with E-state index in [2.05, 4.69) is 16.9 Å². The highest BCUT2D eigenvalue weighted by Gasteiger charge is 2.16. The van der Waals surface area contributed by atoms with Gasteiger partial charge in [0, 0.05) is 32.4 Å². The van der Waals surface area contributed by atoms with Crippen LogP contribution < -0.4 is 5.73 Å². The summed E-state index contributed by atoms with van der Waals surface area (Å²) >= 11 is 0. The van der Waals surface area contributed by atoms with Gasteiger partial charge >= 0.3 is 0 Å². The summed E-state index contributed by atoms with van der Waals surface area (Å²) in [6.45, 7) is 1.97. The summed E-state index contributed by atoms with van der Waals surface area (Å²) in [6, 6.07) is 2.82. The number of hydrogen-bond acceptors (Lipinski definition) is 4. The Hall–Kier alpha value is -0.910. The first-order valence-electron chi connectivity index (χ1n) is 8.16. The number of hydrogen-bond donors (Lipinski definition) is 1. The molecule has 0 aromatic carbocycles. The van der Waals surface area contributed by atoms with Crippen LogP contribution in [0, 0.1) is 0 Å². The van der Waals surface area contributed by atoms with Gasteiger partial charge in [0.2, 0.25) is 0 Å². The van der Waals surface area contributed by atoms with E-state index in [0.29, 0.717) is 25.9 Å². The largest absolute Gasteiger partial charge is 0.382 e. The molecule has 1 aromatic heterocycles. The van der Waals surface area contributed by atoms with Crippen LogP contribution in [0.4, 0.5) is 0 Å². The Morgan fingerprint density at radius 3 is 2.86 bits per heavy atom. The molecule has 0 aliphatic heterocycles. The summed E-state index contributed by atoms with van der Waals surface area (Å²) < 4.78 is 12.5. The van der Waals surface area contributed by atoms with E-state index >= 15 is 0 Å². The van der Waals surface area contributed by atoms with Crippen molar-refractivity contribution in [1.29, 1.82) is 0 Å². The lowest BCUT2D eigenvalue weighted by atomic mass is 9.96. The molecule has 1 aliphatic carbocycles. The molecule has 1 heterocycles. The minimum absolute atomic E-state index is 0.113. The maximum atomic E-state index is 6.15. The highest BCUT2D eigenvalue weighted by atomic mass is 16.5. The van der Waals surface area contributed by atoms with Crippen molar-refractivity contribution in [3.8, 4) is 0 Å². The van der Waals surface area contributed by atoms with Crippen molar-refractivity contribution < 1.29 is 9.47 Å². The van der Waals surface area contributed by atoms with E-state index in [1.807, 2.05) is 0 Å². The molecule has 0 bridgehead atoms. The molecule has 0 radical (unpaired) electrons. The zero-order valence-corrected chi connectivity index (χ0v) is 13.2. The summed E-state index contributed by atoms with van der Waals surface area (Å²) in [5.74, 6) is 0. The van der Waals surface area contributed by atoms with Crippen LogP contribution >= 0.6 is 0 Å². The quantitative estimate of drug-likeness (QED) is 0.710. The lowest BCUT2D eigenvalue weighted by Crippen LogP contribution is -2.25. The van der Waals surface area contributed by atoms with Crippen molar-refractivity contribution in [3.63, 3.8) is 0 Å². The number of methoxy groups -OCH3 is 1. The number of aromatic nitrogens is 2. The van der Waals surface area contributed by atoms with Crippen molar-refractivity contribution in [2.24, 2.45) is 5.73 Å². The van der Waals surface area contributed by atoms with Crippen LogP contribution in [0.2, 0.25) is 0 Å². The summed E-state index contributed by atoms with van der Waals surface area (Å²) in [5, 5.41) is 4.71. The van der Waals surface area contributed by atoms with Gasteiger partial charge in [-0.05, 0) is 25.3 Å². The third-order valence-electron chi connectivity index (χ3n) is 4.15. The fourth-order valence-electron chi connectivity index (χ4n) is 2.88. The molecule has 0 spiro atoms. The van der Waals surface area contributed by atoms with Gasteiger partial charge < -0.3 is 15.2 Å². The third-order valence-corrected chi connectivity index (χ3v) is 4.15. The highest BCUT2D eigenvalue weighted by molar-refractivity contribution is 5.02. The smallest absolute Gasteiger partial charge is 0.0700 e. The van der Waals surface area contributed by atoms with E-state index < -0.39 is 0 Å². The summed E-state index contributed by atoms with van der Waals surface area (Å²) in [6.07, 6.45) is 10.4. The second-order valence-electron chi connectivity index (χ2n) is 5.94. The van der Waals surface area contributed by atoms with Gasteiger partial charge in [0.25, 0.3) is 0 Å². The second kappa shape index (κ2) is 9.18. The Bertz CT molecular complexity index is 389. The average molecular weight is 295 g/mol. The van der Waals surface area contributed by atoms with Crippen LogP contribution in [0.25, 0.3) is 0 Å². The molecule has 21 heavy (non-hydrogen) atoms. The van der Waals surface area contributed by atoms with Crippen molar-refractivity contribution in [2.45, 2.75) is 57.0 Å². The van der Waals surface area contributed by atoms with Gasteiger partial charge in [0.05, 0.1) is 24.9 Å². The maximum absolute atomic E-state index is 6.15. The topological polar surface area (TPSA) is 62.3 Å². The molecular formula is C16H29N3O2. The third kappa shape index (κ3) is 5.77. The predicted octanol–water partition coefficient (Wildman–Crippen LogP) is 2.31. The maximum Gasteiger partial charge on any atom is 0.0700 e. The van der Waals surface area contributed by atoms with Gasteiger partial charge in [0.15, 0.2) is 0 Å². The van der Waals surface area contributed by atoms with Gasteiger partial charge in [-0.2, -0.15) is 5.10 Å². The van der Waals surface area contributed by atoms with E-state index in [1.54, 1.807) is 7.11 Å². The van der Waals surface area contributed by atoms with Crippen molar-refractivity contribution in [3.05, 3.63) is 18.0 Å². The molecule has 0 saturated heterocycles. The molecule has 2 N–H and O–H groups in total. The Labute approximate surface area is 127 Å². The van der Waals surface area contributed by atoms with Crippen LogP contribution in [-0.2, 0) is 15.9 Å². The predicted molar refractivity (Wildman–Crippen MR) is 83.3 cm³/mol. The molecule has 5 nitrogen and oxygen atoms in total. The zero-order valence-electron chi connectivity index (χ0n) is 13.2. The van der Waals surface area contributed by atoms with Crippen molar-refractivity contribution >= 4 is 0 Å². The van der Waals surface area contributed by atoms with Gasteiger partial charge in [-0.15, -0.1) is 0 Å². The standard InChI is InChI=1S/C16H29N3O2/c1-20-11-12-21-10-8-14(17)13-15-7-9-19(18-15)16-5-3-2-4-6-16/h7,9,14,16H,2-6,8,10-13,17H2,1H3. The first-order valence-corrected chi connectivity index (χ1v) is 8.16. The van der Waals surface area contributed by atoms with Crippen LogP contribution in [-0.4, -0.2) is 42.8 Å². The lowest BCUT2D eigenvalue weighted by molar-refractivity contribution is 0.0672. The van der Waals surface area contributed by atoms with E-state index in [4.69, 9.17) is 20.3 Å². The number of nitrogens with two attached hydrogens (primary N) is 1. The Morgan fingerprint density at radius 2 is 2.10 bits per heavy atom. The van der Waals surface area contributed by atoms with Gasteiger partial charge in [0.1, 0.15) is 0 Å². The number of ether oxygens (including phenoxy) is 2. The number of nitrogens with zero attached hydrogens (tertiary/aromatic N) is 2. The molecule has 1 aromatic rings. The highest BCUT2D eigenvalue weighted by Crippen LogP contribution is 2.27. The first kappa shape index (κ1) is 16.5. The molecule has 120 valence electrons. The molecule has 1 fully saturated rings. The van der Waals surface area contributed by atoms with Gasteiger partial charge in [-0.3, -0.25) is 4.68 Å². The molecule has 1 aliphatic rings. The van der Waals surface area contributed by atoms with Crippen molar-refractivity contribution in [1.82, 2.24) is 9.78 Å². The van der Waals surface area contributed by atoms with Gasteiger partial charge in [-0.25, -0.2) is 0 Å². The molecule has 1 saturated carbocycles. The Balaban J connectivity index is 1.68. The van der Waals surface area contributed by atoms with E-state index in [1.165, 1.54) is 32.1 Å². The van der Waals surface area contributed by atoms with E-state index in [9.17, 15) is 0 Å². The van der Waals surface area contributed by atoms with Crippen LogP contribution in [0.1, 0.15) is 50.3 Å². The minimum atomic E-state index is 0.113.